The molecule has 90 valence electrons. The number of rotatable bonds is 1. The fourth-order valence-corrected chi connectivity index (χ4v) is 1.81. The third-order valence-electron chi connectivity index (χ3n) is 2.66. The monoisotopic (exact) mass is 245 g/mol. The van der Waals surface area contributed by atoms with Gasteiger partial charge in [-0.15, -0.1) is 0 Å². The van der Waals surface area contributed by atoms with Gasteiger partial charge in [0.25, 0.3) is 0 Å². The highest BCUT2D eigenvalue weighted by molar-refractivity contribution is 5.76. The number of benzene rings is 1. The second kappa shape index (κ2) is 3.87. The van der Waals surface area contributed by atoms with Gasteiger partial charge < -0.3 is 4.98 Å². The Balaban J connectivity index is 2.22. The average Bonchev–Trinajstić information content (AvgIpc) is 2.74. The first-order valence-electron chi connectivity index (χ1n) is 5.41. The lowest BCUT2D eigenvalue weighted by Gasteiger charge is -1.98. The van der Waals surface area contributed by atoms with Crippen molar-refractivity contribution in [3.05, 3.63) is 47.7 Å². The summed E-state index contributed by atoms with van der Waals surface area (Å²) >= 11 is 0. The summed E-state index contributed by atoms with van der Waals surface area (Å²) in [5.41, 5.74) is 2.26. The quantitative estimate of drug-likeness (QED) is 0.715. The fourth-order valence-electron chi connectivity index (χ4n) is 1.81. The second-order valence-electron chi connectivity index (χ2n) is 4.09. The predicted octanol–water partition coefficient (Wildman–Crippen LogP) is 3.21. The van der Waals surface area contributed by atoms with Crippen LogP contribution in [0.25, 0.3) is 22.6 Å². The normalized spacial score (nSPS) is 11.1. The van der Waals surface area contributed by atoms with E-state index in [1.54, 1.807) is 6.20 Å². The van der Waals surface area contributed by atoms with Crippen molar-refractivity contribution in [2.45, 2.75) is 6.92 Å². The van der Waals surface area contributed by atoms with Gasteiger partial charge in [-0.2, -0.15) is 0 Å². The SMILES string of the molecule is Cc1cnc2nc(-c3cc(F)ccc3F)[nH]c2c1. The number of hydrogen-bond acceptors (Lipinski definition) is 2. The molecule has 0 aliphatic carbocycles. The van der Waals surface area contributed by atoms with E-state index in [-0.39, 0.29) is 11.4 Å². The molecule has 0 saturated carbocycles. The van der Waals surface area contributed by atoms with Crippen LogP contribution in [0.5, 0.6) is 0 Å². The Bertz CT molecular complexity index is 734. The molecule has 0 radical (unpaired) electrons. The lowest BCUT2D eigenvalue weighted by Crippen LogP contribution is -1.88. The molecule has 0 atom stereocenters. The average molecular weight is 245 g/mol. The summed E-state index contributed by atoms with van der Waals surface area (Å²) in [6, 6.07) is 5.12. The standard InChI is InChI=1S/C13H9F2N3/c1-7-4-11-13(16-6-7)18-12(17-11)9-5-8(14)2-3-10(9)15/h2-6H,1H3,(H,16,17,18). The van der Waals surface area contributed by atoms with Crippen molar-refractivity contribution in [2.24, 2.45) is 0 Å². The van der Waals surface area contributed by atoms with Crippen LogP contribution in [0.3, 0.4) is 0 Å². The Morgan fingerprint density at radius 2 is 2.00 bits per heavy atom. The fraction of sp³-hybridized carbons (Fsp3) is 0.0769. The van der Waals surface area contributed by atoms with Crippen molar-refractivity contribution in [2.75, 3.05) is 0 Å². The van der Waals surface area contributed by atoms with E-state index in [1.165, 1.54) is 0 Å². The van der Waals surface area contributed by atoms with Gasteiger partial charge in [-0.25, -0.2) is 18.7 Å². The summed E-state index contributed by atoms with van der Waals surface area (Å²) in [5, 5.41) is 0. The maximum Gasteiger partial charge on any atom is 0.178 e. The largest absolute Gasteiger partial charge is 0.336 e. The van der Waals surface area contributed by atoms with Crippen LogP contribution in [-0.4, -0.2) is 15.0 Å². The van der Waals surface area contributed by atoms with E-state index in [9.17, 15) is 8.78 Å². The Morgan fingerprint density at radius 3 is 2.83 bits per heavy atom. The molecule has 3 nitrogen and oxygen atoms in total. The molecule has 5 heteroatoms. The van der Waals surface area contributed by atoms with Crippen molar-refractivity contribution in [3.8, 4) is 11.4 Å². The van der Waals surface area contributed by atoms with Crippen LogP contribution < -0.4 is 0 Å². The van der Waals surface area contributed by atoms with Crippen LogP contribution in [0, 0.1) is 18.6 Å². The third kappa shape index (κ3) is 1.73. The maximum atomic E-state index is 13.6. The number of pyridine rings is 1. The maximum absolute atomic E-state index is 13.6. The number of nitrogens with zero attached hydrogens (tertiary/aromatic N) is 2. The number of nitrogens with one attached hydrogen (secondary N) is 1. The Kier molecular flexibility index (Phi) is 2.33. The van der Waals surface area contributed by atoms with Gasteiger partial charge in [0.15, 0.2) is 5.65 Å². The second-order valence-corrected chi connectivity index (χ2v) is 4.09. The molecule has 1 N–H and O–H groups in total. The van der Waals surface area contributed by atoms with E-state index in [2.05, 4.69) is 15.0 Å². The van der Waals surface area contributed by atoms with Crippen LogP contribution in [0.1, 0.15) is 5.56 Å². The van der Waals surface area contributed by atoms with Crippen LogP contribution in [0.15, 0.2) is 30.5 Å². The number of hydrogen-bond donors (Lipinski definition) is 1. The minimum Gasteiger partial charge on any atom is -0.336 e. The number of H-pyrrole nitrogens is 1. The van der Waals surface area contributed by atoms with Gasteiger partial charge in [0.2, 0.25) is 0 Å². The minimum absolute atomic E-state index is 0.102. The van der Waals surface area contributed by atoms with Gasteiger partial charge in [0.1, 0.15) is 17.5 Å². The highest BCUT2D eigenvalue weighted by Gasteiger charge is 2.11. The molecule has 2 heterocycles. The molecule has 18 heavy (non-hydrogen) atoms. The lowest BCUT2D eigenvalue weighted by atomic mass is 10.2. The molecule has 3 rings (SSSR count). The van der Waals surface area contributed by atoms with Gasteiger partial charge in [-0.3, -0.25) is 0 Å². The topological polar surface area (TPSA) is 41.6 Å². The highest BCUT2D eigenvalue weighted by Crippen LogP contribution is 2.23. The minimum atomic E-state index is -0.521. The predicted molar refractivity (Wildman–Crippen MR) is 64.0 cm³/mol. The highest BCUT2D eigenvalue weighted by atomic mass is 19.1. The van der Waals surface area contributed by atoms with Crippen molar-refractivity contribution >= 4 is 11.2 Å². The van der Waals surface area contributed by atoms with Gasteiger partial charge in [0.05, 0.1) is 11.1 Å². The Hall–Kier alpha value is -2.30. The van der Waals surface area contributed by atoms with E-state index in [0.29, 0.717) is 11.2 Å². The molecule has 0 saturated heterocycles. The summed E-state index contributed by atoms with van der Waals surface area (Å²) in [4.78, 5) is 11.2. The summed E-state index contributed by atoms with van der Waals surface area (Å²) in [7, 11) is 0. The molecule has 0 aliphatic heterocycles. The molecule has 0 amide bonds. The first-order chi connectivity index (χ1) is 8.63. The summed E-state index contributed by atoms with van der Waals surface area (Å²) in [6.07, 6.45) is 1.68. The summed E-state index contributed by atoms with van der Waals surface area (Å²) in [6.45, 7) is 1.90. The van der Waals surface area contributed by atoms with Crippen molar-refractivity contribution in [3.63, 3.8) is 0 Å². The smallest absolute Gasteiger partial charge is 0.178 e. The van der Waals surface area contributed by atoms with E-state index in [0.717, 1.165) is 23.8 Å². The van der Waals surface area contributed by atoms with Gasteiger partial charge in [-0.05, 0) is 36.8 Å². The molecular formula is C13H9F2N3. The molecule has 0 aliphatic rings. The number of aromatic nitrogens is 3. The van der Waals surface area contributed by atoms with Crippen LogP contribution >= 0.6 is 0 Å². The van der Waals surface area contributed by atoms with Crippen LogP contribution in [-0.2, 0) is 0 Å². The summed E-state index contributed by atoms with van der Waals surface area (Å²) in [5.74, 6) is -0.747. The zero-order valence-corrected chi connectivity index (χ0v) is 9.54. The molecule has 0 bridgehead atoms. The first-order valence-corrected chi connectivity index (χ1v) is 5.41. The van der Waals surface area contributed by atoms with Gasteiger partial charge in [-0.1, -0.05) is 0 Å². The molecular weight excluding hydrogens is 236 g/mol. The zero-order valence-electron chi connectivity index (χ0n) is 9.54. The van der Waals surface area contributed by atoms with Gasteiger partial charge in [0, 0.05) is 6.20 Å². The Morgan fingerprint density at radius 1 is 1.17 bits per heavy atom. The van der Waals surface area contributed by atoms with Crippen molar-refractivity contribution in [1.29, 1.82) is 0 Å². The molecule has 0 unspecified atom stereocenters. The van der Waals surface area contributed by atoms with Gasteiger partial charge >= 0.3 is 0 Å². The zero-order chi connectivity index (χ0) is 12.7. The molecule has 0 spiro atoms. The number of aromatic amines is 1. The van der Waals surface area contributed by atoms with E-state index < -0.39 is 11.6 Å². The van der Waals surface area contributed by atoms with E-state index in [4.69, 9.17) is 0 Å². The van der Waals surface area contributed by atoms with Crippen LogP contribution in [0.2, 0.25) is 0 Å². The number of halogens is 2. The molecule has 2 aromatic heterocycles. The third-order valence-corrected chi connectivity index (χ3v) is 2.66. The summed E-state index contributed by atoms with van der Waals surface area (Å²) < 4.78 is 26.7. The van der Waals surface area contributed by atoms with Crippen LogP contribution in [0.4, 0.5) is 8.78 Å². The number of imidazole rings is 1. The Labute approximate surface area is 102 Å². The molecule has 3 aromatic rings. The molecule has 1 aromatic carbocycles. The number of aryl methyl sites for hydroxylation is 1. The van der Waals surface area contributed by atoms with E-state index in [1.807, 2.05) is 13.0 Å². The first kappa shape index (κ1) is 10.8. The number of fused-ring (bicyclic) bond motifs is 1. The van der Waals surface area contributed by atoms with Crippen molar-refractivity contribution in [1.82, 2.24) is 15.0 Å². The lowest BCUT2D eigenvalue weighted by molar-refractivity contribution is 0.602. The van der Waals surface area contributed by atoms with Crippen molar-refractivity contribution < 1.29 is 8.78 Å². The van der Waals surface area contributed by atoms with E-state index >= 15 is 0 Å². The molecule has 0 fully saturated rings.